The minimum absolute atomic E-state index is 0.00429. The number of carbonyl (C=O) groups is 2. The molecule has 3 aliphatic heterocycles. The predicted octanol–water partition coefficient (Wildman–Crippen LogP) is -0.340. The molecular formula is C19H35N5O4S. The Morgan fingerprint density at radius 3 is 1.86 bits per heavy atom. The average molecular weight is 430 g/mol. The molecular weight excluding hydrogens is 394 g/mol. The van der Waals surface area contributed by atoms with Crippen molar-refractivity contribution >= 4 is 22.0 Å². The molecule has 3 fully saturated rings. The number of likely N-dealkylation sites (N-methyl/N-ethyl adjacent to an activating group) is 1. The van der Waals surface area contributed by atoms with Gasteiger partial charge in [0, 0.05) is 64.3 Å². The molecule has 0 aromatic carbocycles. The van der Waals surface area contributed by atoms with E-state index in [9.17, 15) is 18.0 Å². The van der Waals surface area contributed by atoms with Crippen LogP contribution in [0.4, 0.5) is 0 Å². The van der Waals surface area contributed by atoms with Crippen LogP contribution in [-0.4, -0.2) is 116 Å². The van der Waals surface area contributed by atoms with Crippen LogP contribution in [0.1, 0.15) is 33.6 Å². The maximum atomic E-state index is 13.1. The Morgan fingerprint density at radius 2 is 1.34 bits per heavy atom. The van der Waals surface area contributed by atoms with Gasteiger partial charge in [0.1, 0.15) is 6.04 Å². The summed E-state index contributed by atoms with van der Waals surface area (Å²) >= 11 is 0. The Balaban J connectivity index is 1.59. The minimum atomic E-state index is -3.48. The number of hydrogen-bond donors (Lipinski definition) is 0. The highest BCUT2D eigenvalue weighted by molar-refractivity contribution is 7.86. The van der Waals surface area contributed by atoms with Crippen molar-refractivity contribution < 1.29 is 18.0 Å². The summed E-state index contributed by atoms with van der Waals surface area (Å²) in [5.41, 5.74) is -0.516. The zero-order valence-corrected chi connectivity index (χ0v) is 18.9. The number of piperazine rings is 2. The monoisotopic (exact) mass is 429 g/mol. The lowest BCUT2D eigenvalue weighted by atomic mass is 9.94. The molecule has 0 aromatic rings. The highest BCUT2D eigenvalue weighted by atomic mass is 32.2. The van der Waals surface area contributed by atoms with Gasteiger partial charge >= 0.3 is 0 Å². The van der Waals surface area contributed by atoms with Gasteiger partial charge in [0.2, 0.25) is 11.8 Å². The first-order valence-corrected chi connectivity index (χ1v) is 11.9. The standard InChI is InChI=1S/C19H35N5O4S/c1-19(2,3)18(26)24-7-5-6-16(24)17(25)21-10-14-23(15-11-21)29(27,28)22-12-8-20(4)9-13-22/h16H,5-15H2,1-4H3. The van der Waals surface area contributed by atoms with Crippen molar-refractivity contribution in [1.82, 2.24) is 23.3 Å². The lowest BCUT2D eigenvalue weighted by Crippen LogP contribution is -2.59. The molecule has 3 aliphatic rings. The third kappa shape index (κ3) is 4.76. The summed E-state index contributed by atoms with van der Waals surface area (Å²) in [4.78, 5) is 31.4. The average Bonchev–Trinajstić information content (AvgIpc) is 3.16. The quantitative estimate of drug-likeness (QED) is 0.613. The molecule has 2 amide bonds. The summed E-state index contributed by atoms with van der Waals surface area (Å²) in [6.07, 6.45) is 1.51. The minimum Gasteiger partial charge on any atom is -0.338 e. The smallest absolute Gasteiger partial charge is 0.282 e. The van der Waals surface area contributed by atoms with Crippen molar-refractivity contribution in [2.75, 3.05) is 66.0 Å². The van der Waals surface area contributed by atoms with Crippen molar-refractivity contribution in [3.05, 3.63) is 0 Å². The number of amides is 2. The SMILES string of the molecule is CN1CCN(S(=O)(=O)N2CCN(C(=O)C3CCCN3C(=O)C(C)(C)C)CC2)CC1. The second-order valence-electron chi connectivity index (χ2n) is 9.34. The van der Waals surface area contributed by atoms with Crippen LogP contribution in [0, 0.1) is 5.41 Å². The van der Waals surface area contributed by atoms with Crippen LogP contribution in [0.5, 0.6) is 0 Å². The molecule has 166 valence electrons. The second-order valence-corrected chi connectivity index (χ2v) is 11.3. The van der Waals surface area contributed by atoms with E-state index in [-0.39, 0.29) is 11.8 Å². The molecule has 3 saturated heterocycles. The molecule has 10 heteroatoms. The van der Waals surface area contributed by atoms with E-state index in [1.54, 1.807) is 14.1 Å². The van der Waals surface area contributed by atoms with Crippen LogP contribution < -0.4 is 0 Å². The Bertz CT molecular complexity index is 719. The van der Waals surface area contributed by atoms with E-state index in [2.05, 4.69) is 4.90 Å². The highest BCUT2D eigenvalue weighted by Gasteiger charge is 2.42. The van der Waals surface area contributed by atoms with Gasteiger partial charge in [0.15, 0.2) is 0 Å². The molecule has 0 bridgehead atoms. The van der Waals surface area contributed by atoms with E-state index in [1.165, 1.54) is 4.31 Å². The van der Waals surface area contributed by atoms with Gasteiger partial charge in [-0.1, -0.05) is 20.8 Å². The van der Waals surface area contributed by atoms with Crippen LogP contribution in [-0.2, 0) is 19.8 Å². The number of carbonyl (C=O) groups excluding carboxylic acids is 2. The van der Waals surface area contributed by atoms with Crippen LogP contribution in [0.3, 0.4) is 0 Å². The number of hydrogen-bond acceptors (Lipinski definition) is 5. The topological polar surface area (TPSA) is 84.5 Å². The lowest BCUT2D eigenvalue weighted by Gasteiger charge is -2.40. The number of likely N-dealkylation sites (tertiary alicyclic amines) is 1. The summed E-state index contributed by atoms with van der Waals surface area (Å²) in [5.74, 6) is -0.0404. The Labute approximate surface area is 174 Å². The van der Waals surface area contributed by atoms with Crippen molar-refractivity contribution in [3.8, 4) is 0 Å². The van der Waals surface area contributed by atoms with E-state index in [1.807, 2.05) is 27.8 Å². The fourth-order valence-electron chi connectivity index (χ4n) is 4.23. The normalized spacial score (nSPS) is 26.1. The zero-order valence-electron chi connectivity index (χ0n) is 18.1. The number of rotatable bonds is 3. The lowest BCUT2D eigenvalue weighted by molar-refractivity contribution is -0.148. The largest absolute Gasteiger partial charge is 0.338 e. The Morgan fingerprint density at radius 1 is 0.828 bits per heavy atom. The first-order chi connectivity index (χ1) is 13.5. The third-order valence-electron chi connectivity index (χ3n) is 6.11. The second kappa shape index (κ2) is 8.49. The van der Waals surface area contributed by atoms with Crippen molar-refractivity contribution in [2.45, 2.75) is 39.7 Å². The molecule has 0 aliphatic carbocycles. The van der Waals surface area contributed by atoms with E-state index >= 15 is 0 Å². The van der Waals surface area contributed by atoms with Crippen molar-refractivity contribution in [3.63, 3.8) is 0 Å². The van der Waals surface area contributed by atoms with Crippen molar-refractivity contribution in [2.24, 2.45) is 5.41 Å². The van der Waals surface area contributed by atoms with Gasteiger partial charge in [-0.2, -0.15) is 17.0 Å². The Hall–Kier alpha value is -1.23. The third-order valence-corrected chi connectivity index (χ3v) is 8.14. The summed E-state index contributed by atoms with van der Waals surface area (Å²) < 4.78 is 28.9. The molecule has 0 radical (unpaired) electrons. The molecule has 3 heterocycles. The molecule has 1 unspecified atom stereocenters. The van der Waals surface area contributed by atoms with Crippen LogP contribution in [0.15, 0.2) is 0 Å². The zero-order chi connectivity index (χ0) is 21.4. The van der Waals surface area contributed by atoms with Gasteiger partial charge in [0.25, 0.3) is 10.2 Å². The van der Waals surface area contributed by atoms with Crippen LogP contribution in [0.25, 0.3) is 0 Å². The maximum Gasteiger partial charge on any atom is 0.282 e. The summed E-state index contributed by atoms with van der Waals surface area (Å²) in [5, 5.41) is 0. The highest BCUT2D eigenvalue weighted by Crippen LogP contribution is 2.27. The molecule has 9 nitrogen and oxygen atoms in total. The van der Waals surface area contributed by atoms with E-state index in [4.69, 9.17) is 0 Å². The number of nitrogens with zero attached hydrogens (tertiary/aromatic N) is 5. The molecule has 3 rings (SSSR count). The molecule has 0 N–H and O–H groups in total. The summed E-state index contributed by atoms with van der Waals surface area (Å²) in [6.45, 7) is 10.1. The van der Waals surface area contributed by atoms with Gasteiger partial charge in [0.05, 0.1) is 0 Å². The van der Waals surface area contributed by atoms with Gasteiger partial charge in [-0.05, 0) is 19.9 Å². The van der Waals surface area contributed by atoms with Gasteiger partial charge in [-0.3, -0.25) is 9.59 Å². The van der Waals surface area contributed by atoms with Gasteiger partial charge in [-0.25, -0.2) is 0 Å². The fraction of sp³-hybridized carbons (Fsp3) is 0.895. The van der Waals surface area contributed by atoms with E-state index < -0.39 is 21.7 Å². The van der Waals surface area contributed by atoms with Crippen molar-refractivity contribution in [1.29, 1.82) is 0 Å². The Kier molecular flexibility index (Phi) is 6.57. The molecule has 29 heavy (non-hydrogen) atoms. The molecule has 0 aromatic heterocycles. The summed E-state index contributed by atoms with van der Waals surface area (Å²) in [6, 6.07) is -0.414. The van der Waals surface area contributed by atoms with E-state index in [0.29, 0.717) is 52.2 Å². The first kappa shape index (κ1) is 22.5. The van der Waals surface area contributed by atoms with Gasteiger partial charge < -0.3 is 14.7 Å². The predicted molar refractivity (Wildman–Crippen MR) is 110 cm³/mol. The van der Waals surface area contributed by atoms with E-state index in [0.717, 1.165) is 19.5 Å². The summed E-state index contributed by atoms with van der Waals surface area (Å²) in [7, 11) is -1.49. The molecule has 0 saturated carbocycles. The fourth-order valence-corrected chi connectivity index (χ4v) is 5.81. The van der Waals surface area contributed by atoms with Crippen LogP contribution in [0.2, 0.25) is 0 Å². The van der Waals surface area contributed by atoms with Gasteiger partial charge in [-0.15, -0.1) is 0 Å². The molecule has 1 atom stereocenters. The maximum absolute atomic E-state index is 13.1. The van der Waals surface area contributed by atoms with Crippen LogP contribution >= 0.6 is 0 Å². The first-order valence-electron chi connectivity index (χ1n) is 10.6. The molecule has 0 spiro atoms.